The number of nitrogens with two attached hydrogens (primary N) is 1. The molecule has 1 heterocycles. The van der Waals surface area contributed by atoms with Crippen molar-refractivity contribution in [3.05, 3.63) is 23.8 Å². The topological polar surface area (TPSA) is 38.5 Å². The van der Waals surface area contributed by atoms with Crippen LogP contribution in [0, 0.1) is 6.92 Å². The molecule has 3 nitrogen and oxygen atoms in total. The van der Waals surface area contributed by atoms with Crippen LogP contribution in [0.15, 0.2) is 18.2 Å². The zero-order valence-corrected chi connectivity index (χ0v) is 8.80. The Morgan fingerprint density at radius 3 is 3.07 bits per heavy atom. The summed E-state index contributed by atoms with van der Waals surface area (Å²) >= 11 is 4.98. The molecule has 2 N–H and O–H groups in total. The van der Waals surface area contributed by atoms with Gasteiger partial charge in [-0.1, -0.05) is 6.07 Å². The van der Waals surface area contributed by atoms with E-state index in [1.807, 2.05) is 30.0 Å². The zero-order chi connectivity index (χ0) is 10.1. The summed E-state index contributed by atoms with van der Waals surface area (Å²) < 4.78 is 5.50. The van der Waals surface area contributed by atoms with Crippen LogP contribution in [0.5, 0.6) is 5.75 Å². The van der Waals surface area contributed by atoms with Gasteiger partial charge in [0.1, 0.15) is 12.4 Å². The van der Waals surface area contributed by atoms with E-state index < -0.39 is 0 Å². The number of nitrogens with zero attached hydrogens (tertiary/aromatic N) is 1. The van der Waals surface area contributed by atoms with E-state index in [2.05, 4.69) is 0 Å². The maximum Gasteiger partial charge on any atom is 0.171 e. The van der Waals surface area contributed by atoms with E-state index in [9.17, 15) is 0 Å². The van der Waals surface area contributed by atoms with Crippen molar-refractivity contribution in [1.29, 1.82) is 0 Å². The van der Waals surface area contributed by atoms with Crippen LogP contribution in [0.25, 0.3) is 0 Å². The summed E-state index contributed by atoms with van der Waals surface area (Å²) in [4.78, 5) is 1.90. The molecule has 1 aliphatic rings. The number of thiocarbonyl (C=S) groups is 1. The molecule has 1 aliphatic heterocycles. The lowest BCUT2D eigenvalue weighted by Crippen LogP contribution is -2.41. The van der Waals surface area contributed by atoms with Gasteiger partial charge in [-0.25, -0.2) is 0 Å². The van der Waals surface area contributed by atoms with Crippen molar-refractivity contribution >= 4 is 23.0 Å². The molecule has 1 aromatic carbocycles. The normalized spacial score (nSPS) is 14.5. The summed E-state index contributed by atoms with van der Waals surface area (Å²) in [5.74, 6) is 0.856. The smallest absolute Gasteiger partial charge is 0.171 e. The first-order valence-electron chi connectivity index (χ1n) is 4.49. The fourth-order valence-corrected chi connectivity index (χ4v) is 1.75. The molecule has 1 aromatic rings. The molecular formula is C10H12N2OS. The first-order valence-corrected chi connectivity index (χ1v) is 4.90. The number of ether oxygens (including phenoxy) is 1. The Morgan fingerprint density at radius 2 is 2.36 bits per heavy atom. The van der Waals surface area contributed by atoms with E-state index in [-0.39, 0.29) is 0 Å². The summed E-state index contributed by atoms with van der Waals surface area (Å²) in [5, 5.41) is 0.403. The van der Waals surface area contributed by atoms with Crippen LogP contribution < -0.4 is 15.4 Å². The van der Waals surface area contributed by atoms with E-state index >= 15 is 0 Å². The van der Waals surface area contributed by atoms with Crippen LogP contribution in [0.1, 0.15) is 5.56 Å². The van der Waals surface area contributed by atoms with Crippen LogP contribution in [0.2, 0.25) is 0 Å². The highest BCUT2D eigenvalue weighted by Crippen LogP contribution is 2.31. The van der Waals surface area contributed by atoms with Crippen molar-refractivity contribution < 1.29 is 4.74 Å². The Morgan fingerprint density at radius 1 is 1.57 bits per heavy atom. The van der Waals surface area contributed by atoms with Crippen LogP contribution in [0.4, 0.5) is 5.69 Å². The SMILES string of the molecule is Cc1ccc2c(c1)N(C(N)=S)CCO2. The first kappa shape index (κ1) is 9.27. The predicted octanol–water partition coefficient (Wildman–Crippen LogP) is 1.44. The van der Waals surface area contributed by atoms with Crippen molar-refractivity contribution in [2.45, 2.75) is 6.92 Å². The van der Waals surface area contributed by atoms with Gasteiger partial charge in [0, 0.05) is 0 Å². The number of benzene rings is 1. The monoisotopic (exact) mass is 208 g/mol. The van der Waals surface area contributed by atoms with Gasteiger partial charge in [-0.2, -0.15) is 0 Å². The number of rotatable bonds is 0. The summed E-state index contributed by atoms with van der Waals surface area (Å²) in [6, 6.07) is 6.00. The summed E-state index contributed by atoms with van der Waals surface area (Å²) in [6.45, 7) is 3.39. The molecule has 0 aromatic heterocycles. The van der Waals surface area contributed by atoms with Crippen LogP contribution in [-0.2, 0) is 0 Å². The van der Waals surface area contributed by atoms with Gasteiger partial charge < -0.3 is 15.4 Å². The Balaban J connectivity index is 2.46. The third-order valence-electron chi connectivity index (χ3n) is 2.24. The minimum Gasteiger partial charge on any atom is -0.490 e. The van der Waals surface area contributed by atoms with Gasteiger partial charge in [-0.3, -0.25) is 0 Å². The second kappa shape index (κ2) is 3.46. The Bertz CT molecular complexity index is 378. The van der Waals surface area contributed by atoms with Gasteiger partial charge in [0.05, 0.1) is 12.2 Å². The third-order valence-corrected chi connectivity index (χ3v) is 2.46. The quantitative estimate of drug-likeness (QED) is 0.655. The molecule has 2 rings (SSSR count). The molecular weight excluding hydrogens is 196 g/mol. The van der Waals surface area contributed by atoms with Crippen LogP contribution in [0.3, 0.4) is 0 Å². The number of aryl methyl sites for hydroxylation is 1. The van der Waals surface area contributed by atoms with E-state index in [0.717, 1.165) is 18.0 Å². The van der Waals surface area contributed by atoms with Gasteiger partial charge in [-0.05, 0) is 36.8 Å². The molecule has 0 saturated carbocycles. The van der Waals surface area contributed by atoms with Crippen molar-refractivity contribution in [2.24, 2.45) is 5.73 Å². The van der Waals surface area contributed by atoms with Gasteiger partial charge >= 0.3 is 0 Å². The summed E-state index contributed by atoms with van der Waals surface area (Å²) in [7, 11) is 0. The maximum absolute atomic E-state index is 5.63. The molecule has 14 heavy (non-hydrogen) atoms. The van der Waals surface area contributed by atoms with E-state index in [0.29, 0.717) is 11.7 Å². The largest absolute Gasteiger partial charge is 0.490 e. The highest BCUT2D eigenvalue weighted by Gasteiger charge is 2.19. The van der Waals surface area contributed by atoms with Crippen molar-refractivity contribution in [3.8, 4) is 5.75 Å². The molecule has 0 amide bonds. The second-order valence-corrected chi connectivity index (χ2v) is 3.73. The Hall–Kier alpha value is -1.29. The van der Waals surface area contributed by atoms with E-state index in [1.54, 1.807) is 0 Å². The van der Waals surface area contributed by atoms with Crippen molar-refractivity contribution in [3.63, 3.8) is 0 Å². The standard InChI is InChI=1S/C10H12N2OS/c1-7-2-3-9-8(6-7)12(10(11)14)4-5-13-9/h2-3,6H,4-5H2,1H3,(H2,11,14). The molecule has 0 unspecified atom stereocenters. The van der Waals surface area contributed by atoms with Crippen molar-refractivity contribution in [1.82, 2.24) is 0 Å². The highest BCUT2D eigenvalue weighted by molar-refractivity contribution is 7.80. The molecule has 0 atom stereocenters. The fourth-order valence-electron chi connectivity index (χ4n) is 1.56. The Kier molecular flexibility index (Phi) is 2.29. The van der Waals surface area contributed by atoms with E-state index in [1.165, 1.54) is 5.56 Å². The molecule has 0 fully saturated rings. The summed E-state index contributed by atoms with van der Waals surface area (Å²) in [5.41, 5.74) is 7.79. The van der Waals surface area contributed by atoms with Crippen LogP contribution >= 0.6 is 12.2 Å². The molecule has 4 heteroatoms. The second-order valence-electron chi connectivity index (χ2n) is 3.31. The average Bonchev–Trinajstić information content (AvgIpc) is 2.16. The minimum atomic E-state index is 0.403. The molecule has 0 saturated heterocycles. The number of anilines is 1. The Labute approximate surface area is 88.5 Å². The van der Waals surface area contributed by atoms with Gasteiger partial charge in [0.2, 0.25) is 0 Å². The van der Waals surface area contributed by atoms with Gasteiger partial charge in [0.15, 0.2) is 5.11 Å². The molecule has 0 bridgehead atoms. The lowest BCUT2D eigenvalue weighted by atomic mass is 10.2. The average molecular weight is 208 g/mol. The predicted molar refractivity (Wildman–Crippen MR) is 60.8 cm³/mol. The molecule has 0 spiro atoms. The minimum absolute atomic E-state index is 0.403. The summed E-state index contributed by atoms with van der Waals surface area (Å²) in [6.07, 6.45) is 0. The lowest BCUT2D eigenvalue weighted by molar-refractivity contribution is 0.315. The van der Waals surface area contributed by atoms with Gasteiger partial charge in [-0.15, -0.1) is 0 Å². The molecule has 0 radical (unpaired) electrons. The lowest BCUT2D eigenvalue weighted by Gasteiger charge is -2.29. The third kappa shape index (κ3) is 1.53. The van der Waals surface area contributed by atoms with E-state index in [4.69, 9.17) is 22.7 Å². The maximum atomic E-state index is 5.63. The van der Waals surface area contributed by atoms with Crippen molar-refractivity contribution in [2.75, 3.05) is 18.1 Å². The highest BCUT2D eigenvalue weighted by atomic mass is 32.1. The number of hydrogen-bond acceptors (Lipinski definition) is 2. The fraction of sp³-hybridized carbons (Fsp3) is 0.300. The molecule has 0 aliphatic carbocycles. The number of hydrogen-bond donors (Lipinski definition) is 1. The van der Waals surface area contributed by atoms with Gasteiger partial charge in [0.25, 0.3) is 0 Å². The zero-order valence-electron chi connectivity index (χ0n) is 7.99. The first-order chi connectivity index (χ1) is 6.68. The van der Waals surface area contributed by atoms with Crippen LogP contribution in [-0.4, -0.2) is 18.3 Å². The molecule has 74 valence electrons. The number of fused-ring (bicyclic) bond motifs is 1.